The minimum atomic E-state index is -4.48. The van der Waals surface area contributed by atoms with Crippen molar-refractivity contribution >= 4 is 27.5 Å². The van der Waals surface area contributed by atoms with Gasteiger partial charge in [0.05, 0.1) is 11.3 Å². The zero-order chi connectivity index (χ0) is 14.8. The van der Waals surface area contributed by atoms with Crippen LogP contribution in [-0.4, -0.2) is 10.9 Å². The molecule has 1 heterocycles. The number of pyridine rings is 1. The number of benzene rings is 1. The summed E-state index contributed by atoms with van der Waals surface area (Å²) in [7, 11) is 0. The van der Waals surface area contributed by atoms with Crippen molar-refractivity contribution in [2.75, 3.05) is 5.32 Å². The van der Waals surface area contributed by atoms with Crippen molar-refractivity contribution in [1.82, 2.24) is 4.98 Å². The van der Waals surface area contributed by atoms with Gasteiger partial charge in [0.25, 0.3) is 5.91 Å². The lowest BCUT2D eigenvalue weighted by atomic mass is 10.1. The van der Waals surface area contributed by atoms with Crippen molar-refractivity contribution in [3.8, 4) is 0 Å². The van der Waals surface area contributed by atoms with Gasteiger partial charge in [0.2, 0.25) is 0 Å². The Labute approximate surface area is 121 Å². The van der Waals surface area contributed by atoms with Gasteiger partial charge < -0.3 is 5.32 Å². The Hall–Kier alpha value is -1.89. The van der Waals surface area contributed by atoms with Crippen molar-refractivity contribution in [2.45, 2.75) is 6.18 Å². The van der Waals surface area contributed by atoms with E-state index in [1.807, 2.05) is 0 Å². The minimum absolute atomic E-state index is 0.0735. The number of halogens is 4. The highest BCUT2D eigenvalue weighted by Gasteiger charge is 2.30. The first-order valence-corrected chi connectivity index (χ1v) is 6.26. The van der Waals surface area contributed by atoms with Crippen LogP contribution in [0.25, 0.3) is 0 Å². The number of nitrogens with zero attached hydrogens (tertiary/aromatic N) is 1. The summed E-state index contributed by atoms with van der Waals surface area (Å²) in [6.45, 7) is 0. The SMILES string of the molecule is O=C(Nc1cccnc1Br)c1cccc(C(F)(F)F)c1. The van der Waals surface area contributed by atoms with E-state index in [2.05, 4.69) is 26.2 Å². The van der Waals surface area contributed by atoms with Gasteiger partial charge in [-0.05, 0) is 46.3 Å². The number of carbonyl (C=O) groups is 1. The third-order valence-corrected chi connectivity index (χ3v) is 3.09. The number of hydrogen-bond donors (Lipinski definition) is 1. The Morgan fingerprint density at radius 1 is 1.20 bits per heavy atom. The van der Waals surface area contributed by atoms with Gasteiger partial charge in [-0.15, -0.1) is 0 Å². The third-order valence-electron chi connectivity index (χ3n) is 2.46. The van der Waals surface area contributed by atoms with Gasteiger partial charge >= 0.3 is 6.18 Å². The molecule has 0 fully saturated rings. The molecule has 1 N–H and O–H groups in total. The minimum Gasteiger partial charge on any atom is -0.320 e. The number of carbonyl (C=O) groups excluding carboxylic acids is 1. The third kappa shape index (κ3) is 3.36. The zero-order valence-corrected chi connectivity index (χ0v) is 11.5. The van der Waals surface area contributed by atoms with Crippen LogP contribution in [0.5, 0.6) is 0 Å². The summed E-state index contributed by atoms with van der Waals surface area (Å²) in [5, 5.41) is 2.49. The Balaban J connectivity index is 2.24. The topological polar surface area (TPSA) is 42.0 Å². The van der Waals surface area contributed by atoms with E-state index in [1.54, 1.807) is 12.1 Å². The predicted molar refractivity (Wildman–Crippen MR) is 71.3 cm³/mol. The predicted octanol–water partition coefficient (Wildman–Crippen LogP) is 4.12. The number of alkyl halides is 3. The van der Waals surface area contributed by atoms with Crippen LogP contribution in [0.15, 0.2) is 47.2 Å². The van der Waals surface area contributed by atoms with Crippen molar-refractivity contribution in [3.05, 3.63) is 58.3 Å². The Morgan fingerprint density at radius 2 is 1.95 bits per heavy atom. The van der Waals surface area contributed by atoms with Crippen LogP contribution >= 0.6 is 15.9 Å². The molecule has 0 spiro atoms. The van der Waals surface area contributed by atoms with Gasteiger partial charge in [-0.25, -0.2) is 4.98 Å². The largest absolute Gasteiger partial charge is 0.416 e. The molecule has 0 aliphatic heterocycles. The molecule has 1 aromatic carbocycles. The Bertz CT molecular complexity index is 644. The maximum Gasteiger partial charge on any atom is 0.416 e. The summed E-state index contributed by atoms with van der Waals surface area (Å²) in [5.41, 5.74) is -0.555. The number of nitrogens with one attached hydrogen (secondary N) is 1. The van der Waals surface area contributed by atoms with Gasteiger partial charge in [0.15, 0.2) is 0 Å². The molecule has 0 atom stereocenters. The summed E-state index contributed by atoms with van der Waals surface area (Å²) >= 11 is 3.14. The number of hydrogen-bond acceptors (Lipinski definition) is 2. The highest BCUT2D eigenvalue weighted by Crippen LogP contribution is 2.29. The molecule has 0 aliphatic rings. The van der Waals surface area contributed by atoms with Gasteiger partial charge in [0.1, 0.15) is 4.60 Å². The van der Waals surface area contributed by atoms with E-state index in [9.17, 15) is 18.0 Å². The van der Waals surface area contributed by atoms with Crippen LogP contribution in [0, 0.1) is 0 Å². The van der Waals surface area contributed by atoms with Gasteiger partial charge in [-0.3, -0.25) is 4.79 Å². The molecule has 104 valence electrons. The standard InChI is InChI=1S/C13H8BrF3N2O/c14-11-10(5-2-6-18-11)19-12(20)8-3-1-4-9(7-8)13(15,16)17/h1-7H,(H,19,20). The number of rotatable bonds is 2. The molecule has 0 bridgehead atoms. The van der Waals surface area contributed by atoms with Crippen LogP contribution < -0.4 is 5.32 Å². The maximum atomic E-state index is 12.6. The Kier molecular flexibility index (Phi) is 4.08. The lowest BCUT2D eigenvalue weighted by Crippen LogP contribution is -2.14. The van der Waals surface area contributed by atoms with Crippen LogP contribution in [0.1, 0.15) is 15.9 Å². The second-order valence-corrected chi connectivity index (χ2v) is 4.63. The molecule has 0 saturated carbocycles. The van der Waals surface area contributed by atoms with Gasteiger partial charge in [-0.2, -0.15) is 13.2 Å². The van der Waals surface area contributed by atoms with E-state index in [4.69, 9.17) is 0 Å². The molecule has 2 rings (SSSR count). The van der Waals surface area contributed by atoms with E-state index in [0.29, 0.717) is 10.3 Å². The first kappa shape index (κ1) is 14.5. The molecule has 2 aromatic rings. The molecule has 0 aliphatic carbocycles. The quantitative estimate of drug-likeness (QED) is 0.833. The molecular weight excluding hydrogens is 337 g/mol. The molecule has 0 radical (unpaired) electrons. The second kappa shape index (κ2) is 5.62. The first-order valence-electron chi connectivity index (χ1n) is 5.47. The lowest BCUT2D eigenvalue weighted by Gasteiger charge is -2.09. The van der Waals surface area contributed by atoms with Crippen molar-refractivity contribution in [3.63, 3.8) is 0 Å². The molecule has 1 amide bonds. The van der Waals surface area contributed by atoms with Crippen molar-refractivity contribution < 1.29 is 18.0 Å². The van der Waals surface area contributed by atoms with Crippen molar-refractivity contribution in [1.29, 1.82) is 0 Å². The lowest BCUT2D eigenvalue weighted by molar-refractivity contribution is -0.137. The highest BCUT2D eigenvalue weighted by atomic mass is 79.9. The normalized spacial score (nSPS) is 11.2. The highest BCUT2D eigenvalue weighted by molar-refractivity contribution is 9.10. The van der Waals surface area contributed by atoms with Crippen LogP contribution in [0.2, 0.25) is 0 Å². The summed E-state index contributed by atoms with van der Waals surface area (Å²) in [4.78, 5) is 15.8. The van der Waals surface area contributed by atoms with Gasteiger partial charge in [-0.1, -0.05) is 6.07 Å². The van der Waals surface area contributed by atoms with Crippen LogP contribution in [0.4, 0.5) is 18.9 Å². The van der Waals surface area contributed by atoms with E-state index < -0.39 is 17.6 Å². The number of amides is 1. The smallest absolute Gasteiger partial charge is 0.320 e. The summed E-state index contributed by atoms with van der Waals surface area (Å²) in [6.07, 6.45) is -2.96. The molecule has 7 heteroatoms. The first-order chi connectivity index (χ1) is 9.38. The molecule has 0 saturated heterocycles. The second-order valence-electron chi connectivity index (χ2n) is 3.87. The van der Waals surface area contributed by atoms with E-state index in [1.165, 1.54) is 18.3 Å². The monoisotopic (exact) mass is 344 g/mol. The van der Waals surface area contributed by atoms with Crippen molar-refractivity contribution in [2.24, 2.45) is 0 Å². The number of aromatic nitrogens is 1. The van der Waals surface area contributed by atoms with E-state index >= 15 is 0 Å². The molecule has 20 heavy (non-hydrogen) atoms. The fourth-order valence-electron chi connectivity index (χ4n) is 1.51. The zero-order valence-electron chi connectivity index (χ0n) is 9.91. The van der Waals surface area contributed by atoms with E-state index in [0.717, 1.165) is 12.1 Å². The molecule has 0 unspecified atom stereocenters. The van der Waals surface area contributed by atoms with Crippen LogP contribution in [0.3, 0.4) is 0 Å². The average molecular weight is 345 g/mol. The molecule has 1 aromatic heterocycles. The Morgan fingerprint density at radius 3 is 2.60 bits per heavy atom. The summed E-state index contributed by atoms with van der Waals surface area (Å²) in [5.74, 6) is -0.634. The summed E-state index contributed by atoms with van der Waals surface area (Å²) in [6, 6.07) is 7.41. The summed E-state index contributed by atoms with van der Waals surface area (Å²) < 4.78 is 38.1. The number of anilines is 1. The van der Waals surface area contributed by atoms with Gasteiger partial charge in [0, 0.05) is 11.8 Å². The fourth-order valence-corrected chi connectivity index (χ4v) is 1.86. The maximum absolute atomic E-state index is 12.6. The molecule has 3 nitrogen and oxygen atoms in total. The average Bonchev–Trinajstić information content (AvgIpc) is 2.40. The fraction of sp³-hybridized carbons (Fsp3) is 0.0769. The molecular formula is C13H8BrF3N2O. The van der Waals surface area contributed by atoms with Crippen LogP contribution in [-0.2, 0) is 6.18 Å². The van der Waals surface area contributed by atoms with E-state index in [-0.39, 0.29) is 5.56 Å².